The molecular weight excluding hydrogens is 264 g/mol. The van der Waals surface area contributed by atoms with Crippen LogP contribution in [0.15, 0.2) is 29.2 Å². The van der Waals surface area contributed by atoms with Crippen molar-refractivity contribution in [1.82, 2.24) is 4.72 Å². The molecule has 6 heteroatoms. The first kappa shape index (κ1) is 14.0. The normalized spacial score (nSPS) is 22.5. The zero-order valence-electron chi connectivity index (χ0n) is 10.7. The van der Waals surface area contributed by atoms with Gasteiger partial charge in [-0.1, -0.05) is 0 Å². The molecule has 1 saturated carbocycles. The largest absolute Gasteiger partial charge is 0.378 e. The number of hydrogen-bond donors (Lipinski definition) is 1. The second kappa shape index (κ2) is 5.70. The van der Waals surface area contributed by atoms with Crippen LogP contribution in [0.1, 0.15) is 25.3 Å². The van der Waals surface area contributed by atoms with Gasteiger partial charge in [-0.15, -0.1) is 0 Å². The smallest absolute Gasteiger partial charge is 0.240 e. The summed E-state index contributed by atoms with van der Waals surface area (Å²) in [5.41, 5.74) is 0.444. The van der Waals surface area contributed by atoms with Crippen LogP contribution < -0.4 is 4.72 Å². The van der Waals surface area contributed by atoms with Crippen molar-refractivity contribution in [2.45, 2.75) is 36.8 Å². The fourth-order valence-electron chi connectivity index (χ4n) is 2.03. The summed E-state index contributed by atoms with van der Waals surface area (Å²) in [6, 6.07) is 7.78. The van der Waals surface area contributed by atoms with E-state index in [1.165, 1.54) is 24.3 Å². The zero-order valence-corrected chi connectivity index (χ0v) is 11.5. The third-order valence-corrected chi connectivity index (χ3v) is 4.65. The predicted molar refractivity (Wildman–Crippen MR) is 69.9 cm³/mol. The van der Waals surface area contributed by atoms with E-state index in [0.29, 0.717) is 25.0 Å². The average molecular weight is 280 g/mol. The van der Waals surface area contributed by atoms with Gasteiger partial charge in [-0.05, 0) is 44.0 Å². The summed E-state index contributed by atoms with van der Waals surface area (Å²) in [5, 5.41) is 8.67. The summed E-state index contributed by atoms with van der Waals surface area (Å²) in [6.45, 7) is 2.58. The Balaban J connectivity index is 1.97. The van der Waals surface area contributed by atoms with E-state index in [2.05, 4.69) is 4.72 Å². The van der Waals surface area contributed by atoms with Gasteiger partial charge in [0, 0.05) is 12.6 Å². The van der Waals surface area contributed by atoms with E-state index in [4.69, 9.17) is 10.00 Å². The number of rotatable bonds is 5. The summed E-state index contributed by atoms with van der Waals surface area (Å²) in [6.07, 6.45) is 1.59. The van der Waals surface area contributed by atoms with Crippen molar-refractivity contribution < 1.29 is 13.2 Å². The maximum absolute atomic E-state index is 12.1. The van der Waals surface area contributed by atoms with E-state index in [0.717, 1.165) is 0 Å². The fraction of sp³-hybridized carbons (Fsp3) is 0.462. The Morgan fingerprint density at radius 2 is 2.00 bits per heavy atom. The molecular formula is C13H16N2O3S. The van der Waals surface area contributed by atoms with Crippen molar-refractivity contribution >= 4 is 10.0 Å². The monoisotopic (exact) mass is 280 g/mol. The average Bonchev–Trinajstić information content (AvgIpc) is 2.36. The van der Waals surface area contributed by atoms with Crippen LogP contribution in [0.3, 0.4) is 0 Å². The molecule has 0 aliphatic heterocycles. The Kier molecular flexibility index (Phi) is 4.20. The lowest BCUT2D eigenvalue weighted by atomic mass is 9.90. The first-order chi connectivity index (χ1) is 9.05. The standard InChI is InChI=1S/C13H16N2O3S/c1-2-18-12-7-11(8-12)15-19(16,17)13-5-3-10(9-14)4-6-13/h3-6,11-12,15H,2,7-8H2,1H3. The molecule has 1 aromatic rings. The topological polar surface area (TPSA) is 79.2 Å². The molecule has 102 valence electrons. The molecule has 1 N–H and O–H groups in total. The summed E-state index contributed by atoms with van der Waals surface area (Å²) >= 11 is 0. The van der Waals surface area contributed by atoms with E-state index in [1.807, 2.05) is 13.0 Å². The Bertz CT molecular complexity index is 569. The lowest BCUT2D eigenvalue weighted by Crippen LogP contribution is -2.47. The van der Waals surface area contributed by atoms with Crippen LogP contribution in [0.2, 0.25) is 0 Å². The van der Waals surface area contributed by atoms with Crippen molar-refractivity contribution in [3.05, 3.63) is 29.8 Å². The number of nitrogens with zero attached hydrogens (tertiary/aromatic N) is 1. The highest BCUT2D eigenvalue weighted by atomic mass is 32.2. The number of sulfonamides is 1. The van der Waals surface area contributed by atoms with Crippen LogP contribution in [-0.2, 0) is 14.8 Å². The third kappa shape index (κ3) is 3.32. The molecule has 19 heavy (non-hydrogen) atoms. The molecule has 1 fully saturated rings. The zero-order chi connectivity index (χ0) is 13.9. The third-order valence-electron chi connectivity index (χ3n) is 3.11. The highest BCUT2D eigenvalue weighted by molar-refractivity contribution is 7.89. The fourth-order valence-corrected chi connectivity index (χ4v) is 3.29. The number of benzene rings is 1. The summed E-state index contributed by atoms with van der Waals surface area (Å²) in [4.78, 5) is 0.186. The Morgan fingerprint density at radius 1 is 1.37 bits per heavy atom. The molecule has 5 nitrogen and oxygen atoms in total. The molecule has 0 unspecified atom stereocenters. The van der Waals surface area contributed by atoms with Crippen LogP contribution in [0.5, 0.6) is 0 Å². The van der Waals surface area contributed by atoms with E-state index in [9.17, 15) is 8.42 Å². The summed E-state index contributed by atoms with van der Waals surface area (Å²) in [7, 11) is -3.50. The van der Waals surface area contributed by atoms with Crippen molar-refractivity contribution in [2.75, 3.05) is 6.61 Å². The molecule has 1 aliphatic rings. The molecule has 0 amide bonds. The summed E-state index contributed by atoms with van der Waals surface area (Å²) < 4.78 is 32.2. The van der Waals surface area contributed by atoms with Crippen molar-refractivity contribution in [3.8, 4) is 6.07 Å². The number of nitriles is 1. The van der Waals surface area contributed by atoms with Gasteiger partial charge in [0.2, 0.25) is 10.0 Å². The van der Waals surface area contributed by atoms with Crippen LogP contribution >= 0.6 is 0 Å². The van der Waals surface area contributed by atoms with E-state index in [-0.39, 0.29) is 17.0 Å². The van der Waals surface area contributed by atoms with Gasteiger partial charge in [-0.3, -0.25) is 0 Å². The van der Waals surface area contributed by atoms with Gasteiger partial charge in [0.25, 0.3) is 0 Å². The minimum atomic E-state index is -3.50. The molecule has 0 saturated heterocycles. The Hall–Kier alpha value is -1.42. The number of hydrogen-bond acceptors (Lipinski definition) is 4. The van der Waals surface area contributed by atoms with Crippen LogP contribution in [0.25, 0.3) is 0 Å². The number of nitrogens with one attached hydrogen (secondary N) is 1. The van der Waals surface area contributed by atoms with Crippen LogP contribution in [-0.4, -0.2) is 27.2 Å². The van der Waals surface area contributed by atoms with Gasteiger partial charge in [0.15, 0.2) is 0 Å². The minimum absolute atomic E-state index is 0.0582. The molecule has 0 bridgehead atoms. The van der Waals surface area contributed by atoms with E-state index < -0.39 is 10.0 Å². The first-order valence-corrected chi connectivity index (χ1v) is 7.67. The van der Waals surface area contributed by atoms with Crippen molar-refractivity contribution in [1.29, 1.82) is 5.26 Å². The molecule has 1 aliphatic carbocycles. The molecule has 1 aromatic carbocycles. The SMILES string of the molecule is CCOC1CC(NS(=O)(=O)c2ccc(C#N)cc2)C1. The first-order valence-electron chi connectivity index (χ1n) is 6.19. The maximum atomic E-state index is 12.1. The molecule has 0 radical (unpaired) electrons. The van der Waals surface area contributed by atoms with Gasteiger partial charge < -0.3 is 4.74 Å². The minimum Gasteiger partial charge on any atom is -0.378 e. The Labute approximate surface area is 113 Å². The number of ether oxygens (including phenoxy) is 1. The second-order valence-electron chi connectivity index (χ2n) is 4.50. The lowest BCUT2D eigenvalue weighted by Gasteiger charge is -2.35. The van der Waals surface area contributed by atoms with E-state index in [1.54, 1.807) is 0 Å². The maximum Gasteiger partial charge on any atom is 0.240 e. The molecule has 0 heterocycles. The molecule has 0 aromatic heterocycles. The van der Waals surface area contributed by atoms with Crippen molar-refractivity contribution in [2.24, 2.45) is 0 Å². The summed E-state index contributed by atoms with van der Waals surface area (Å²) in [5.74, 6) is 0. The van der Waals surface area contributed by atoms with Crippen molar-refractivity contribution in [3.63, 3.8) is 0 Å². The van der Waals surface area contributed by atoms with Gasteiger partial charge in [0.05, 0.1) is 22.6 Å². The lowest BCUT2D eigenvalue weighted by molar-refractivity contribution is -0.00475. The molecule has 0 spiro atoms. The Morgan fingerprint density at radius 3 is 2.53 bits per heavy atom. The van der Waals surface area contributed by atoms with Gasteiger partial charge >= 0.3 is 0 Å². The van der Waals surface area contributed by atoms with Crippen LogP contribution in [0.4, 0.5) is 0 Å². The predicted octanol–water partition coefficient (Wildman–Crippen LogP) is 1.40. The second-order valence-corrected chi connectivity index (χ2v) is 6.22. The van der Waals surface area contributed by atoms with Gasteiger partial charge in [-0.25, -0.2) is 13.1 Å². The highest BCUT2D eigenvalue weighted by Crippen LogP contribution is 2.25. The highest BCUT2D eigenvalue weighted by Gasteiger charge is 2.33. The quantitative estimate of drug-likeness (QED) is 0.884. The van der Waals surface area contributed by atoms with Gasteiger partial charge in [-0.2, -0.15) is 5.26 Å². The molecule has 0 atom stereocenters. The van der Waals surface area contributed by atoms with E-state index >= 15 is 0 Å². The van der Waals surface area contributed by atoms with Gasteiger partial charge in [0.1, 0.15) is 0 Å². The molecule has 2 rings (SSSR count). The van der Waals surface area contributed by atoms with Crippen LogP contribution in [0, 0.1) is 11.3 Å².